The zero-order chi connectivity index (χ0) is 23.6. The molecular formula is C26H20Cl2N2O3. The fourth-order valence-electron chi connectivity index (χ4n) is 2.77. The average Bonchev–Trinajstić information content (AvgIpc) is 2.82. The number of nitriles is 1. The van der Waals surface area contributed by atoms with Gasteiger partial charge < -0.3 is 14.8 Å². The van der Waals surface area contributed by atoms with Crippen LogP contribution in [0.1, 0.15) is 11.1 Å². The number of amides is 1. The Morgan fingerprint density at radius 1 is 1.03 bits per heavy atom. The van der Waals surface area contributed by atoms with Crippen molar-refractivity contribution < 1.29 is 14.3 Å². The number of nitrogens with one attached hydrogen (secondary N) is 1. The molecule has 0 atom stereocenters. The molecule has 0 saturated heterocycles. The number of carbonyl (C=O) groups is 1. The second-order valence-electron chi connectivity index (χ2n) is 6.85. The lowest BCUT2D eigenvalue weighted by atomic mass is 10.1. The molecule has 3 rings (SSSR count). The number of halogens is 2. The van der Waals surface area contributed by atoms with Crippen molar-refractivity contribution in [1.29, 1.82) is 5.26 Å². The number of anilines is 1. The molecule has 0 aliphatic heterocycles. The largest absolute Gasteiger partial charge is 0.489 e. The predicted molar refractivity (Wildman–Crippen MR) is 132 cm³/mol. The highest BCUT2D eigenvalue weighted by Gasteiger charge is 2.11. The first kappa shape index (κ1) is 23.9. The molecule has 0 aliphatic carbocycles. The Labute approximate surface area is 202 Å². The van der Waals surface area contributed by atoms with Crippen molar-refractivity contribution >= 4 is 40.9 Å². The molecule has 0 unspecified atom stereocenters. The summed E-state index contributed by atoms with van der Waals surface area (Å²) in [6.45, 7) is 4.31. The smallest absolute Gasteiger partial charge is 0.266 e. The lowest BCUT2D eigenvalue weighted by molar-refractivity contribution is -0.112. The van der Waals surface area contributed by atoms with Gasteiger partial charge in [0.05, 0.1) is 5.02 Å². The van der Waals surface area contributed by atoms with Gasteiger partial charge in [0.15, 0.2) is 0 Å². The van der Waals surface area contributed by atoms with Crippen molar-refractivity contribution in [3.05, 3.63) is 106 Å². The molecule has 0 spiro atoms. The molecule has 0 fully saturated rings. The normalized spacial score (nSPS) is 10.8. The summed E-state index contributed by atoms with van der Waals surface area (Å²) >= 11 is 12.1. The van der Waals surface area contributed by atoms with E-state index in [1.165, 1.54) is 6.08 Å². The summed E-state index contributed by atoms with van der Waals surface area (Å²) in [5, 5.41) is 13.2. The van der Waals surface area contributed by atoms with E-state index in [9.17, 15) is 10.1 Å². The van der Waals surface area contributed by atoms with Gasteiger partial charge >= 0.3 is 0 Å². The minimum atomic E-state index is -0.532. The van der Waals surface area contributed by atoms with Crippen molar-refractivity contribution in [3.8, 4) is 17.6 Å². The third-order valence-electron chi connectivity index (χ3n) is 4.42. The molecule has 3 aromatic carbocycles. The van der Waals surface area contributed by atoms with E-state index in [0.29, 0.717) is 46.0 Å². The van der Waals surface area contributed by atoms with Gasteiger partial charge in [0.25, 0.3) is 5.91 Å². The molecule has 0 radical (unpaired) electrons. The maximum absolute atomic E-state index is 12.6. The third-order valence-corrected chi connectivity index (χ3v) is 4.97. The molecule has 166 valence electrons. The highest BCUT2D eigenvalue weighted by Crippen LogP contribution is 2.26. The molecule has 0 aromatic heterocycles. The van der Waals surface area contributed by atoms with E-state index in [1.807, 2.05) is 18.2 Å². The van der Waals surface area contributed by atoms with Gasteiger partial charge in [-0.2, -0.15) is 5.26 Å². The summed E-state index contributed by atoms with van der Waals surface area (Å²) in [6, 6.07) is 21.2. The Morgan fingerprint density at radius 3 is 2.39 bits per heavy atom. The molecule has 3 aromatic rings. The van der Waals surface area contributed by atoms with Crippen LogP contribution < -0.4 is 14.8 Å². The quantitative estimate of drug-likeness (QED) is 0.211. The number of rotatable bonds is 9. The minimum Gasteiger partial charge on any atom is -0.489 e. The van der Waals surface area contributed by atoms with Crippen LogP contribution in [-0.2, 0) is 11.4 Å². The van der Waals surface area contributed by atoms with Gasteiger partial charge in [-0.05, 0) is 65.7 Å². The third kappa shape index (κ3) is 7.15. The second kappa shape index (κ2) is 11.8. The summed E-state index contributed by atoms with van der Waals surface area (Å²) in [6.07, 6.45) is 3.07. The SMILES string of the molecule is C=CCOc1ccc(/C=C(\C#N)C(=O)Nc2ccc(OCc3ccc(Cl)cc3)cc2)cc1Cl. The molecule has 5 nitrogen and oxygen atoms in total. The number of nitrogens with zero attached hydrogens (tertiary/aromatic N) is 1. The monoisotopic (exact) mass is 478 g/mol. The summed E-state index contributed by atoms with van der Waals surface area (Å²) in [4.78, 5) is 12.6. The van der Waals surface area contributed by atoms with Gasteiger partial charge in [-0.1, -0.05) is 54.1 Å². The van der Waals surface area contributed by atoms with Crippen LogP contribution in [-0.4, -0.2) is 12.5 Å². The highest BCUT2D eigenvalue weighted by atomic mass is 35.5. The van der Waals surface area contributed by atoms with Crippen LogP contribution in [0.5, 0.6) is 11.5 Å². The van der Waals surface area contributed by atoms with E-state index in [2.05, 4.69) is 11.9 Å². The van der Waals surface area contributed by atoms with Crippen molar-refractivity contribution in [2.45, 2.75) is 6.61 Å². The topological polar surface area (TPSA) is 71.3 Å². The number of benzene rings is 3. The Kier molecular flexibility index (Phi) is 8.54. The summed E-state index contributed by atoms with van der Waals surface area (Å²) in [5.41, 5.74) is 2.06. The van der Waals surface area contributed by atoms with Crippen molar-refractivity contribution in [2.24, 2.45) is 0 Å². The highest BCUT2D eigenvalue weighted by molar-refractivity contribution is 6.32. The Hall–Kier alpha value is -3.72. The molecule has 1 amide bonds. The summed E-state index contributed by atoms with van der Waals surface area (Å²) in [5.74, 6) is 0.609. The standard InChI is InChI=1S/C26H20Cl2N2O3/c1-2-13-32-25-12-5-19(15-24(25)28)14-20(16-29)26(31)30-22-8-10-23(11-9-22)33-17-18-3-6-21(27)7-4-18/h2-12,14-15H,1,13,17H2,(H,30,31)/b20-14+. The zero-order valence-electron chi connectivity index (χ0n) is 17.6. The first-order valence-corrected chi connectivity index (χ1v) is 10.7. The van der Waals surface area contributed by atoms with E-state index >= 15 is 0 Å². The van der Waals surface area contributed by atoms with Crippen LogP contribution in [0.2, 0.25) is 10.0 Å². The number of ether oxygens (including phenoxy) is 2. The second-order valence-corrected chi connectivity index (χ2v) is 7.70. The van der Waals surface area contributed by atoms with Crippen molar-refractivity contribution in [1.82, 2.24) is 0 Å². The molecule has 33 heavy (non-hydrogen) atoms. The number of hydrogen-bond acceptors (Lipinski definition) is 4. The van der Waals surface area contributed by atoms with Gasteiger partial charge in [0, 0.05) is 10.7 Å². The minimum absolute atomic E-state index is 0.0612. The Bertz CT molecular complexity index is 1200. The predicted octanol–water partition coefficient (Wildman–Crippen LogP) is 6.68. The zero-order valence-corrected chi connectivity index (χ0v) is 19.1. The van der Waals surface area contributed by atoms with Gasteiger partial charge in [-0.15, -0.1) is 0 Å². The Balaban J connectivity index is 1.61. The van der Waals surface area contributed by atoms with Crippen LogP contribution in [0.25, 0.3) is 6.08 Å². The number of hydrogen-bond donors (Lipinski definition) is 1. The molecular weight excluding hydrogens is 459 g/mol. The molecule has 0 aliphatic rings. The van der Waals surface area contributed by atoms with Gasteiger partial charge in [0.1, 0.15) is 36.4 Å². The average molecular weight is 479 g/mol. The van der Waals surface area contributed by atoms with Gasteiger partial charge in [-0.25, -0.2) is 0 Å². The lowest BCUT2D eigenvalue weighted by Gasteiger charge is -2.09. The summed E-state index contributed by atoms with van der Waals surface area (Å²) < 4.78 is 11.2. The molecule has 1 N–H and O–H groups in total. The molecule has 0 saturated carbocycles. The maximum atomic E-state index is 12.6. The van der Waals surface area contributed by atoms with Crippen LogP contribution in [0.4, 0.5) is 5.69 Å². The first-order valence-electron chi connectivity index (χ1n) is 9.92. The van der Waals surface area contributed by atoms with E-state index in [-0.39, 0.29) is 5.57 Å². The fourth-order valence-corrected chi connectivity index (χ4v) is 3.14. The number of carbonyl (C=O) groups excluding carboxylic acids is 1. The molecule has 0 bridgehead atoms. The van der Waals surface area contributed by atoms with Gasteiger partial charge in [0.2, 0.25) is 0 Å². The fraction of sp³-hybridized carbons (Fsp3) is 0.0769. The van der Waals surface area contributed by atoms with E-state index < -0.39 is 5.91 Å². The van der Waals surface area contributed by atoms with Crippen molar-refractivity contribution in [2.75, 3.05) is 11.9 Å². The Morgan fingerprint density at radius 2 is 1.76 bits per heavy atom. The van der Waals surface area contributed by atoms with Crippen LogP contribution >= 0.6 is 23.2 Å². The summed E-state index contributed by atoms with van der Waals surface area (Å²) in [7, 11) is 0. The lowest BCUT2D eigenvalue weighted by Crippen LogP contribution is -2.13. The van der Waals surface area contributed by atoms with Crippen LogP contribution in [0.15, 0.2) is 85.0 Å². The van der Waals surface area contributed by atoms with Gasteiger partial charge in [-0.3, -0.25) is 4.79 Å². The van der Waals surface area contributed by atoms with E-state index in [0.717, 1.165) is 5.56 Å². The van der Waals surface area contributed by atoms with Crippen molar-refractivity contribution in [3.63, 3.8) is 0 Å². The molecule has 7 heteroatoms. The maximum Gasteiger partial charge on any atom is 0.266 e. The molecule has 0 heterocycles. The first-order chi connectivity index (χ1) is 16.0. The van der Waals surface area contributed by atoms with E-state index in [4.69, 9.17) is 32.7 Å². The van der Waals surface area contributed by atoms with E-state index in [1.54, 1.807) is 60.7 Å². The van der Waals surface area contributed by atoms with Crippen LogP contribution in [0, 0.1) is 11.3 Å². The van der Waals surface area contributed by atoms with Crippen LogP contribution in [0.3, 0.4) is 0 Å².